The van der Waals surface area contributed by atoms with E-state index in [0.29, 0.717) is 5.92 Å². The summed E-state index contributed by atoms with van der Waals surface area (Å²) < 4.78 is 11.1. The van der Waals surface area contributed by atoms with Crippen molar-refractivity contribution in [2.45, 2.75) is 26.4 Å². The third-order valence-corrected chi connectivity index (χ3v) is 3.18. The topological polar surface area (TPSA) is 38.7 Å². The summed E-state index contributed by atoms with van der Waals surface area (Å²) in [5, 5.41) is 9.48. The minimum Gasteiger partial charge on any atom is -0.493 e. The molecule has 1 aliphatic rings. The maximum Gasteiger partial charge on any atom is 0.122 e. The molecule has 0 aliphatic carbocycles. The van der Waals surface area contributed by atoms with Gasteiger partial charge in [-0.2, -0.15) is 0 Å². The third kappa shape index (κ3) is 3.20. The smallest absolute Gasteiger partial charge is 0.122 e. The summed E-state index contributed by atoms with van der Waals surface area (Å²) in [6, 6.07) is 5.83. The van der Waals surface area contributed by atoms with Gasteiger partial charge in [-0.3, -0.25) is 0 Å². The lowest BCUT2D eigenvalue weighted by molar-refractivity contribution is 0.166. The summed E-state index contributed by atoms with van der Waals surface area (Å²) in [5.41, 5.74) is 2.00. The largest absolute Gasteiger partial charge is 0.493 e. The van der Waals surface area contributed by atoms with Gasteiger partial charge in [-0.15, -0.1) is 0 Å². The molecule has 0 spiro atoms. The highest BCUT2D eigenvalue weighted by Gasteiger charge is 2.16. The fraction of sp³-hybridized carbons (Fsp3) is 0.571. The molecule has 3 heteroatoms. The number of hydrogen-bond donors (Lipinski definition) is 1. The van der Waals surface area contributed by atoms with Crippen LogP contribution in [0, 0.1) is 12.8 Å². The Balaban J connectivity index is 1.96. The monoisotopic (exact) mass is 236 g/mol. The highest BCUT2D eigenvalue weighted by Crippen LogP contribution is 2.24. The van der Waals surface area contributed by atoms with Crippen molar-refractivity contribution in [3.63, 3.8) is 0 Å². The summed E-state index contributed by atoms with van der Waals surface area (Å²) in [7, 11) is 0. The van der Waals surface area contributed by atoms with E-state index in [1.165, 1.54) is 0 Å². The molecule has 94 valence electrons. The van der Waals surface area contributed by atoms with Crippen LogP contribution in [0.25, 0.3) is 0 Å². The molecule has 0 amide bonds. The van der Waals surface area contributed by atoms with Crippen molar-refractivity contribution in [2.24, 2.45) is 5.92 Å². The van der Waals surface area contributed by atoms with Crippen molar-refractivity contribution in [1.82, 2.24) is 0 Å². The summed E-state index contributed by atoms with van der Waals surface area (Å²) in [4.78, 5) is 0. The molecule has 1 fully saturated rings. The second kappa shape index (κ2) is 5.52. The molecular formula is C14H20O3. The number of aliphatic hydroxyl groups is 1. The molecule has 0 aromatic heterocycles. The van der Waals surface area contributed by atoms with Crippen LogP contribution in [0.1, 0.15) is 30.6 Å². The van der Waals surface area contributed by atoms with E-state index >= 15 is 0 Å². The lowest BCUT2D eigenvalue weighted by Crippen LogP contribution is -2.12. The Kier molecular flexibility index (Phi) is 4.02. The first kappa shape index (κ1) is 12.4. The fourth-order valence-corrected chi connectivity index (χ4v) is 2.02. The average molecular weight is 236 g/mol. The van der Waals surface area contributed by atoms with Gasteiger partial charge in [-0.05, 0) is 43.5 Å². The van der Waals surface area contributed by atoms with Crippen LogP contribution in [-0.4, -0.2) is 24.9 Å². The first-order valence-electron chi connectivity index (χ1n) is 6.16. The number of ether oxygens (including phenoxy) is 2. The van der Waals surface area contributed by atoms with Crippen molar-refractivity contribution in [1.29, 1.82) is 0 Å². The van der Waals surface area contributed by atoms with E-state index in [4.69, 9.17) is 9.47 Å². The van der Waals surface area contributed by atoms with Crippen LogP contribution in [-0.2, 0) is 4.74 Å². The van der Waals surface area contributed by atoms with Crippen LogP contribution >= 0.6 is 0 Å². The van der Waals surface area contributed by atoms with Crippen LogP contribution in [0.5, 0.6) is 5.75 Å². The number of benzene rings is 1. The van der Waals surface area contributed by atoms with Crippen LogP contribution in [0.15, 0.2) is 18.2 Å². The highest BCUT2D eigenvalue weighted by molar-refractivity contribution is 5.36. The molecule has 2 atom stereocenters. The number of hydrogen-bond acceptors (Lipinski definition) is 3. The molecule has 0 radical (unpaired) electrons. The zero-order chi connectivity index (χ0) is 12.3. The maximum atomic E-state index is 9.48. The lowest BCUT2D eigenvalue weighted by Gasteiger charge is -2.14. The minimum absolute atomic E-state index is 0.425. The molecule has 1 aromatic rings. The first-order valence-corrected chi connectivity index (χ1v) is 6.16. The van der Waals surface area contributed by atoms with Crippen LogP contribution in [0.2, 0.25) is 0 Å². The Labute approximate surface area is 102 Å². The predicted molar refractivity (Wildman–Crippen MR) is 66.2 cm³/mol. The number of aryl methyl sites for hydroxylation is 1. The molecular weight excluding hydrogens is 216 g/mol. The molecule has 0 saturated carbocycles. The molecule has 1 N–H and O–H groups in total. The van der Waals surface area contributed by atoms with Gasteiger partial charge in [0, 0.05) is 12.5 Å². The Hall–Kier alpha value is -1.06. The average Bonchev–Trinajstić information content (AvgIpc) is 2.80. The van der Waals surface area contributed by atoms with Gasteiger partial charge in [0.1, 0.15) is 5.75 Å². The number of rotatable bonds is 4. The molecule has 0 bridgehead atoms. The van der Waals surface area contributed by atoms with Gasteiger partial charge in [0.25, 0.3) is 0 Å². The van der Waals surface area contributed by atoms with Gasteiger partial charge in [-0.25, -0.2) is 0 Å². The molecule has 1 aromatic carbocycles. The van der Waals surface area contributed by atoms with Crippen LogP contribution in [0.4, 0.5) is 0 Å². The second-order valence-electron chi connectivity index (χ2n) is 4.74. The third-order valence-electron chi connectivity index (χ3n) is 3.18. The Bertz CT molecular complexity index is 368. The summed E-state index contributed by atoms with van der Waals surface area (Å²) in [6.45, 7) is 6.16. The van der Waals surface area contributed by atoms with Crippen molar-refractivity contribution in [3.8, 4) is 5.75 Å². The SMILES string of the molecule is Cc1cc([C@@H](C)O)ccc1OCC1CCOC1. The fourth-order valence-electron chi connectivity index (χ4n) is 2.02. The van der Waals surface area contributed by atoms with Gasteiger partial charge >= 0.3 is 0 Å². The second-order valence-corrected chi connectivity index (χ2v) is 4.74. The number of aliphatic hydroxyl groups excluding tert-OH is 1. The minimum atomic E-state index is -0.425. The predicted octanol–water partition coefficient (Wildman–Crippen LogP) is 2.46. The van der Waals surface area contributed by atoms with E-state index in [0.717, 1.165) is 43.1 Å². The van der Waals surface area contributed by atoms with Crippen LogP contribution < -0.4 is 4.74 Å². The van der Waals surface area contributed by atoms with Crippen molar-refractivity contribution < 1.29 is 14.6 Å². The van der Waals surface area contributed by atoms with Gasteiger partial charge < -0.3 is 14.6 Å². The van der Waals surface area contributed by atoms with E-state index < -0.39 is 6.10 Å². The van der Waals surface area contributed by atoms with Crippen molar-refractivity contribution in [3.05, 3.63) is 29.3 Å². The highest BCUT2D eigenvalue weighted by atomic mass is 16.5. The molecule has 1 aliphatic heterocycles. The molecule has 2 rings (SSSR count). The van der Waals surface area contributed by atoms with Crippen LogP contribution in [0.3, 0.4) is 0 Å². The van der Waals surface area contributed by atoms with Gasteiger partial charge in [-0.1, -0.05) is 6.07 Å². The quantitative estimate of drug-likeness (QED) is 0.872. The molecule has 17 heavy (non-hydrogen) atoms. The lowest BCUT2D eigenvalue weighted by atomic mass is 10.1. The van der Waals surface area contributed by atoms with E-state index in [2.05, 4.69) is 0 Å². The standard InChI is InChI=1S/C14H20O3/c1-10-7-13(11(2)15)3-4-14(10)17-9-12-5-6-16-8-12/h3-4,7,11-12,15H,5-6,8-9H2,1-2H3/t11-,12?/m1/s1. The van der Waals surface area contributed by atoms with Gasteiger partial charge in [0.05, 0.1) is 19.3 Å². The van der Waals surface area contributed by atoms with Crippen molar-refractivity contribution >= 4 is 0 Å². The zero-order valence-electron chi connectivity index (χ0n) is 10.5. The normalized spacial score (nSPS) is 21.5. The van der Waals surface area contributed by atoms with E-state index in [1.807, 2.05) is 25.1 Å². The Morgan fingerprint density at radius 3 is 2.94 bits per heavy atom. The summed E-state index contributed by atoms with van der Waals surface area (Å²) in [5.74, 6) is 1.42. The summed E-state index contributed by atoms with van der Waals surface area (Å²) in [6.07, 6.45) is 0.663. The Morgan fingerprint density at radius 1 is 1.53 bits per heavy atom. The maximum absolute atomic E-state index is 9.48. The van der Waals surface area contributed by atoms with Gasteiger partial charge in [0.2, 0.25) is 0 Å². The Morgan fingerprint density at radius 2 is 2.35 bits per heavy atom. The first-order chi connectivity index (χ1) is 8.16. The van der Waals surface area contributed by atoms with E-state index in [-0.39, 0.29) is 0 Å². The van der Waals surface area contributed by atoms with E-state index in [9.17, 15) is 5.11 Å². The van der Waals surface area contributed by atoms with Gasteiger partial charge in [0.15, 0.2) is 0 Å². The molecule has 1 unspecified atom stereocenters. The summed E-state index contributed by atoms with van der Waals surface area (Å²) >= 11 is 0. The van der Waals surface area contributed by atoms with E-state index in [1.54, 1.807) is 6.92 Å². The van der Waals surface area contributed by atoms with Crippen molar-refractivity contribution in [2.75, 3.05) is 19.8 Å². The zero-order valence-corrected chi connectivity index (χ0v) is 10.5. The molecule has 1 heterocycles. The molecule has 1 saturated heterocycles. The molecule has 3 nitrogen and oxygen atoms in total.